The standard InChI is InChI=1S/C20H28N4O.HI/c1-4-21-20(23-13-11-18-9-5-6-12-22-18)24-15-17-8-7-10-19(14-17)25-16(2)3;/h5-10,12,14,16H,4,11,13,15H2,1-3H3,(H2,21,23,24);1H. The molecule has 0 aliphatic heterocycles. The van der Waals surface area contributed by atoms with Crippen molar-refractivity contribution >= 4 is 29.9 Å². The lowest BCUT2D eigenvalue weighted by molar-refractivity contribution is 0.242. The van der Waals surface area contributed by atoms with Crippen molar-refractivity contribution < 1.29 is 4.74 Å². The quantitative estimate of drug-likeness (QED) is 0.352. The summed E-state index contributed by atoms with van der Waals surface area (Å²) in [4.78, 5) is 8.99. The summed E-state index contributed by atoms with van der Waals surface area (Å²) in [6, 6.07) is 14.1. The Morgan fingerprint density at radius 2 is 2.00 bits per heavy atom. The highest BCUT2D eigenvalue weighted by molar-refractivity contribution is 14.0. The minimum atomic E-state index is 0. The molecule has 2 rings (SSSR count). The number of aliphatic imine (C=N–C) groups is 1. The molecule has 0 radical (unpaired) electrons. The summed E-state index contributed by atoms with van der Waals surface area (Å²) in [7, 11) is 0. The second kappa shape index (κ2) is 12.5. The first-order valence-corrected chi connectivity index (χ1v) is 8.85. The maximum absolute atomic E-state index is 5.74. The van der Waals surface area contributed by atoms with E-state index in [1.54, 1.807) is 0 Å². The van der Waals surface area contributed by atoms with Crippen LogP contribution in [0, 0.1) is 0 Å². The van der Waals surface area contributed by atoms with Gasteiger partial charge in [0, 0.05) is 31.4 Å². The molecule has 26 heavy (non-hydrogen) atoms. The van der Waals surface area contributed by atoms with Crippen molar-refractivity contribution in [2.24, 2.45) is 4.99 Å². The molecular weight excluding hydrogens is 439 g/mol. The minimum Gasteiger partial charge on any atom is -0.491 e. The van der Waals surface area contributed by atoms with Gasteiger partial charge in [-0.05, 0) is 50.6 Å². The number of ether oxygens (including phenoxy) is 1. The summed E-state index contributed by atoms with van der Waals surface area (Å²) in [5, 5.41) is 6.63. The highest BCUT2D eigenvalue weighted by atomic mass is 127. The zero-order valence-electron chi connectivity index (χ0n) is 15.7. The predicted molar refractivity (Wildman–Crippen MR) is 118 cm³/mol. The molecule has 6 heteroatoms. The van der Waals surface area contributed by atoms with Crippen LogP contribution >= 0.6 is 24.0 Å². The van der Waals surface area contributed by atoms with Crippen LogP contribution in [0.15, 0.2) is 53.7 Å². The number of pyridine rings is 1. The molecule has 0 aliphatic carbocycles. The van der Waals surface area contributed by atoms with E-state index in [1.807, 2.05) is 56.4 Å². The summed E-state index contributed by atoms with van der Waals surface area (Å²) in [6.45, 7) is 8.34. The van der Waals surface area contributed by atoms with Gasteiger partial charge in [-0.15, -0.1) is 24.0 Å². The Kier molecular flexibility index (Phi) is 10.7. The van der Waals surface area contributed by atoms with Crippen LogP contribution in [0.1, 0.15) is 32.0 Å². The van der Waals surface area contributed by atoms with Crippen molar-refractivity contribution in [2.75, 3.05) is 13.1 Å². The topological polar surface area (TPSA) is 58.5 Å². The Bertz CT molecular complexity index is 662. The van der Waals surface area contributed by atoms with Crippen molar-refractivity contribution in [3.8, 4) is 5.75 Å². The number of nitrogens with zero attached hydrogens (tertiary/aromatic N) is 2. The van der Waals surface area contributed by atoms with Crippen LogP contribution in [-0.2, 0) is 13.0 Å². The summed E-state index contributed by atoms with van der Waals surface area (Å²) in [5.74, 6) is 1.70. The van der Waals surface area contributed by atoms with E-state index in [-0.39, 0.29) is 30.1 Å². The van der Waals surface area contributed by atoms with Crippen molar-refractivity contribution in [3.63, 3.8) is 0 Å². The molecule has 0 bridgehead atoms. The van der Waals surface area contributed by atoms with Crippen molar-refractivity contribution in [2.45, 2.75) is 39.8 Å². The van der Waals surface area contributed by atoms with Crippen LogP contribution in [0.2, 0.25) is 0 Å². The van der Waals surface area contributed by atoms with E-state index < -0.39 is 0 Å². The van der Waals surface area contributed by atoms with Crippen molar-refractivity contribution in [1.82, 2.24) is 15.6 Å². The molecule has 0 fully saturated rings. The van der Waals surface area contributed by atoms with Crippen LogP contribution in [0.5, 0.6) is 5.75 Å². The number of guanidine groups is 1. The third kappa shape index (κ3) is 8.51. The maximum Gasteiger partial charge on any atom is 0.191 e. The SMILES string of the molecule is CCNC(=NCc1cccc(OC(C)C)c1)NCCc1ccccn1.I. The average molecular weight is 468 g/mol. The smallest absolute Gasteiger partial charge is 0.191 e. The van der Waals surface area contributed by atoms with E-state index >= 15 is 0 Å². The Hall–Kier alpha value is -1.83. The molecule has 1 aromatic carbocycles. The molecule has 2 N–H and O–H groups in total. The van der Waals surface area contributed by atoms with Gasteiger partial charge in [0.05, 0.1) is 12.6 Å². The van der Waals surface area contributed by atoms with Crippen LogP contribution < -0.4 is 15.4 Å². The molecule has 0 spiro atoms. The molecule has 1 heterocycles. The zero-order valence-corrected chi connectivity index (χ0v) is 18.1. The maximum atomic E-state index is 5.74. The number of nitrogens with one attached hydrogen (secondary N) is 2. The van der Waals surface area contributed by atoms with Crippen LogP contribution in [0.3, 0.4) is 0 Å². The summed E-state index contributed by atoms with van der Waals surface area (Å²) < 4.78 is 5.74. The monoisotopic (exact) mass is 468 g/mol. The second-order valence-electron chi connectivity index (χ2n) is 6.01. The molecule has 0 amide bonds. The molecule has 0 saturated heterocycles. The number of aromatic nitrogens is 1. The average Bonchev–Trinajstić information content (AvgIpc) is 2.60. The Labute approximate surface area is 173 Å². The molecular formula is C20H29IN4O. The van der Waals surface area contributed by atoms with Crippen LogP contribution in [0.4, 0.5) is 0 Å². The largest absolute Gasteiger partial charge is 0.491 e. The summed E-state index contributed by atoms with van der Waals surface area (Å²) >= 11 is 0. The molecule has 1 aromatic heterocycles. The highest BCUT2D eigenvalue weighted by Crippen LogP contribution is 2.15. The fourth-order valence-electron chi connectivity index (χ4n) is 2.36. The van der Waals surface area contributed by atoms with Gasteiger partial charge < -0.3 is 15.4 Å². The van der Waals surface area contributed by atoms with Gasteiger partial charge >= 0.3 is 0 Å². The molecule has 142 valence electrons. The van der Waals surface area contributed by atoms with Gasteiger partial charge in [0.15, 0.2) is 5.96 Å². The second-order valence-corrected chi connectivity index (χ2v) is 6.01. The molecule has 0 unspecified atom stereocenters. The first kappa shape index (κ1) is 22.2. The van der Waals surface area contributed by atoms with Crippen molar-refractivity contribution in [3.05, 3.63) is 59.9 Å². The Morgan fingerprint density at radius 3 is 2.69 bits per heavy atom. The van der Waals surface area contributed by atoms with Gasteiger partial charge in [0.2, 0.25) is 0 Å². The highest BCUT2D eigenvalue weighted by Gasteiger charge is 2.01. The Morgan fingerprint density at radius 1 is 1.15 bits per heavy atom. The third-order valence-corrected chi connectivity index (χ3v) is 3.43. The lowest BCUT2D eigenvalue weighted by Gasteiger charge is -2.12. The fraction of sp³-hybridized carbons (Fsp3) is 0.400. The molecule has 0 aliphatic rings. The molecule has 0 saturated carbocycles. The van der Waals surface area contributed by atoms with Crippen LogP contribution in [-0.4, -0.2) is 30.1 Å². The van der Waals surface area contributed by atoms with Gasteiger partial charge in [-0.1, -0.05) is 18.2 Å². The van der Waals surface area contributed by atoms with E-state index in [1.165, 1.54) is 0 Å². The van der Waals surface area contributed by atoms with Gasteiger partial charge in [0.1, 0.15) is 5.75 Å². The summed E-state index contributed by atoms with van der Waals surface area (Å²) in [6.07, 6.45) is 2.86. The summed E-state index contributed by atoms with van der Waals surface area (Å²) in [5.41, 5.74) is 2.20. The van der Waals surface area contributed by atoms with Gasteiger partial charge in [-0.3, -0.25) is 4.98 Å². The van der Waals surface area contributed by atoms with Crippen LogP contribution in [0.25, 0.3) is 0 Å². The lowest BCUT2D eigenvalue weighted by atomic mass is 10.2. The molecule has 5 nitrogen and oxygen atoms in total. The first-order valence-electron chi connectivity index (χ1n) is 8.85. The van der Waals surface area contributed by atoms with E-state index in [0.29, 0.717) is 6.54 Å². The van der Waals surface area contributed by atoms with Gasteiger partial charge in [-0.2, -0.15) is 0 Å². The van der Waals surface area contributed by atoms with E-state index in [9.17, 15) is 0 Å². The Balaban J connectivity index is 0.00000338. The van der Waals surface area contributed by atoms with E-state index in [4.69, 9.17) is 4.74 Å². The zero-order chi connectivity index (χ0) is 17.9. The number of hydrogen-bond donors (Lipinski definition) is 2. The van der Waals surface area contributed by atoms with E-state index in [0.717, 1.165) is 42.5 Å². The normalized spacial score (nSPS) is 11.0. The number of benzene rings is 1. The first-order chi connectivity index (χ1) is 12.2. The van der Waals surface area contributed by atoms with Crippen molar-refractivity contribution in [1.29, 1.82) is 0 Å². The number of rotatable bonds is 8. The lowest BCUT2D eigenvalue weighted by Crippen LogP contribution is -2.38. The molecule has 2 aromatic rings. The van der Waals surface area contributed by atoms with E-state index in [2.05, 4.69) is 33.6 Å². The molecule has 0 atom stereocenters. The minimum absolute atomic E-state index is 0. The van der Waals surface area contributed by atoms with Gasteiger partial charge in [0.25, 0.3) is 0 Å². The number of halogens is 1. The fourth-order valence-corrected chi connectivity index (χ4v) is 2.36. The van der Waals surface area contributed by atoms with Gasteiger partial charge in [-0.25, -0.2) is 4.99 Å². The third-order valence-electron chi connectivity index (χ3n) is 3.43. The predicted octanol–water partition coefficient (Wildman–Crippen LogP) is 3.78. The number of hydrogen-bond acceptors (Lipinski definition) is 3.